The number of hydrogen-bond acceptors (Lipinski definition) is 3. The molecular weight excluding hydrogens is 355 g/mol. The molecule has 1 unspecified atom stereocenters. The van der Waals surface area contributed by atoms with Crippen molar-refractivity contribution in [2.75, 3.05) is 13.1 Å². The molecule has 1 heterocycles. The van der Waals surface area contributed by atoms with E-state index in [1.54, 1.807) is 0 Å². The molecule has 0 amide bonds. The van der Waals surface area contributed by atoms with Crippen LogP contribution in [0.5, 0.6) is 5.75 Å². The summed E-state index contributed by atoms with van der Waals surface area (Å²) in [6, 6.07) is 13.9. The van der Waals surface area contributed by atoms with Crippen LogP contribution in [-0.2, 0) is 10.0 Å². The number of sulfonamides is 1. The molecule has 1 fully saturated rings. The molecule has 2 aromatic carbocycles. The molecule has 0 spiro atoms. The normalized spacial score (nSPS) is 19.1. The number of hydrogen-bond donors (Lipinski definition) is 0. The first-order valence-corrected chi connectivity index (χ1v) is 9.10. The van der Waals surface area contributed by atoms with Gasteiger partial charge in [-0.25, -0.2) is 8.42 Å². The van der Waals surface area contributed by atoms with Gasteiger partial charge in [-0.1, -0.05) is 30.3 Å². The second-order valence-corrected chi connectivity index (χ2v) is 7.72. The molecule has 1 aliphatic rings. The molecule has 134 valence electrons. The fourth-order valence-corrected chi connectivity index (χ4v) is 4.41. The van der Waals surface area contributed by atoms with E-state index in [4.69, 9.17) is 0 Å². The first-order valence-electron chi connectivity index (χ1n) is 7.66. The Labute approximate surface area is 143 Å². The minimum absolute atomic E-state index is 0.0456. The van der Waals surface area contributed by atoms with Crippen molar-refractivity contribution in [2.45, 2.75) is 23.6 Å². The van der Waals surface area contributed by atoms with Crippen LogP contribution in [0.2, 0.25) is 0 Å². The lowest BCUT2D eigenvalue weighted by Gasteiger charge is -2.17. The maximum atomic E-state index is 12.7. The van der Waals surface area contributed by atoms with E-state index in [2.05, 4.69) is 4.74 Å². The topological polar surface area (TPSA) is 46.6 Å². The summed E-state index contributed by atoms with van der Waals surface area (Å²) < 4.78 is 67.0. The first kappa shape index (κ1) is 17.8. The Morgan fingerprint density at radius 2 is 1.64 bits per heavy atom. The molecule has 1 atom stereocenters. The summed E-state index contributed by atoms with van der Waals surface area (Å²) in [5, 5.41) is 0. The van der Waals surface area contributed by atoms with Crippen molar-refractivity contribution in [3.8, 4) is 5.75 Å². The van der Waals surface area contributed by atoms with Gasteiger partial charge in [0, 0.05) is 13.1 Å². The van der Waals surface area contributed by atoms with E-state index in [1.807, 2.05) is 30.3 Å². The molecule has 0 bridgehead atoms. The fraction of sp³-hybridized carbons (Fsp3) is 0.294. The molecule has 1 aliphatic heterocycles. The molecule has 1 saturated heterocycles. The average Bonchev–Trinajstić information content (AvgIpc) is 3.05. The van der Waals surface area contributed by atoms with Crippen molar-refractivity contribution in [3.05, 3.63) is 60.2 Å². The molecule has 0 radical (unpaired) electrons. The molecule has 0 saturated carbocycles. The standard InChI is InChI=1S/C17H16F3NO3S/c18-17(19,20)24-15-6-8-16(9-7-15)25(22,23)21-11-10-14(12-21)13-4-2-1-3-5-13/h1-9,14H,10-12H2. The maximum Gasteiger partial charge on any atom is 0.573 e. The smallest absolute Gasteiger partial charge is 0.406 e. The van der Waals surface area contributed by atoms with Gasteiger partial charge in [-0.15, -0.1) is 13.2 Å². The largest absolute Gasteiger partial charge is 0.573 e. The van der Waals surface area contributed by atoms with E-state index in [0.717, 1.165) is 29.8 Å². The van der Waals surface area contributed by atoms with Crippen LogP contribution in [0, 0.1) is 0 Å². The number of nitrogens with zero attached hydrogens (tertiary/aromatic N) is 1. The highest BCUT2D eigenvalue weighted by molar-refractivity contribution is 7.89. The van der Waals surface area contributed by atoms with Crippen LogP contribution in [0.15, 0.2) is 59.5 Å². The fourth-order valence-electron chi connectivity index (χ4n) is 2.91. The van der Waals surface area contributed by atoms with Crippen LogP contribution >= 0.6 is 0 Å². The van der Waals surface area contributed by atoms with Gasteiger partial charge in [0.15, 0.2) is 0 Å². The van der Waals surface area contributed by atoms with Gasteiger partial charge in [0.2, 0.25) is 10.0 Å². The third kappa shape index (κ3) is 4.13. The zero-order valence-corrected chi connectivity index (χ0v) is 13.9. The summed E-state index contributed by atoms with van der Waals surface area (Å²) in [7, 11) is -3.74. The van der Waals surface area contributed by atoms with E-state index in [-0.39, 0.29) is 10.8 Å². The van der Waals surface area contributed by atoms with Crippen LogP contribution < -0.4 is 4.74 Å². The van der Waals surface area contributed by atoms with Gasteiger partial charge in [-0.3, -0.25) is 0 Å². The second-order valence-electron chi connectivity index (χ2n) is 5.78. The first-order chi connectivity index (χ1) is 11.8. The lowest BCUT2D eigenvalue weighted by molar-refractivity contribution is -0.274. The predicted molar refractivity (Wildman–Crippen MR) is 85.7 cm³/mol. The number of benzene rings is 2. The van der Waals surface area contributed by atoms with E-state index in [9.17, 15) is 21.6 Å². The lowest BCUT2D eigenvalue weighted by Crippen LogP contribution is -2.28. The molecule has 3 rings (SSSR count). The van der Waals surface area contributed by atoms with Crippen LogP contribution in [0.25, 0.3) is 0 Å². The predicted octanol–water partition coefficient (Wildman–Crippen LogP) is 3.76. The maximum absolute atomic E-state index is 12.7. The number of ether oxygens (including phenoxy) is 1. The SMILES string of the molecule is O=S(=O)(c1ccc(OC(F)(F)F)cc1)N1CCC(c2ccccc2)C1. The highest BCUT2D eigenvalue weighted by Crippen LogP contribution is 2.32. The third-order valence-corrected chi connectivity index (χ3v) is 6.00. The van der Waals surface area contributed by atoms with Crippen LogP contribution in [-0.4, -0.2) is 32.2 Å². The van der Waals surface area contributed by atoms with Crippen LogP contribution in [0.3, 0.4) is 0 Å². The van der Waals surface area contributed by atoms with Gasteiger partial charge >= 0.3 is 6.36 Å². The molecule has 0 N–H and O–H groups in total. The average molecular weight is 371 g/mol. The molecule has 4 nitrogen and oxygen atoms in total. The Bertz CT molecular complexity index is 820. The van der Waals surface area contributed by atoms with Gasteiger partial charge in [0.05, 0.1) is 4.90 Å². The van der Waals surface area contributed by atoms with E-state index < -0.39 is 22.1 Å². The minimum atomic E-state index is -4.81. The highest BCUT2D eigenvalue weighted by Gasteiger charge is 2.34. The second kappa shape index (κ2) is 6.68. The molecule has 25 heavy (non-hydrogen) atoms. The third-order valence-electron chi connectivity index (χ3n) is 4.12. The van der Waals surface area contributed by atoms with Gasteiger partial charge in [-0.2, -0.15) is 4.31 Å². The summed E-state index contributed by atoms with van der Waals surface area (Å²) in [4.78, 5) is -0.0456. The van der Waals surface area contributed by atoms with Gasteiger partial charge in [-0.05, 0) is 42.2 Å². The highest BCUT2D eigenvalue weighted by atomic mass is 32.2. The van der Waals surface area contributed by atoms with E-state index in [1.165, 1.54) is 4.31 Å². The van der Waals surface area contributed by atoms with Gasteiger partial charge in [0.1, 0.15) is 5.75 Å². The van der Waals surface area contributed by atoms with Crippen molar-refractivity contribution in [2.24, 2.45) is 0 Å². The van der Waals surface area contributed by atoms with Crippen molar-refractivity contribution in [1.29, 1.82) is 0 Å². The summed E-state index contributed by atoms with van der Waals surface area (Å²) in [5.41, 5.74) is 1.08. The number of alkyl halides is 3. The molecule has 0 aromatic heterocycles. The Kier molecular flexibility index (Phi) is 4.75. The molecule has 0 aliphatic carbocycles. The van der Waals surface area contributed by atoms with Crippen molar-refractivity contribution < 1.29 is 26.3 Å². The van der Waals surface area contributed by atoms with Crippen molar-refractivity contribution in [1.82, 2.24) is 4.31 Å². The summed E-state index contributed by atoms with van der Waals surface area (Å²) in [5.74, 6) is -0.334. The molecule has 2 aromatic rings. The number of halogens is 3. The molecule has 8 heteroatoms. The number of rotatable bonds is 4. The monoisotopic (exact) mass is 371 g/mol. The minimum Gasteiger partial charge on any atom is -0.406 e. The summed E-state index contributed by atoms with van der Waals surface area (Å²) in [6.45, 7) is 0.732. The Balaban J connectivity index is 1.74. The quantitative estimate of drug-likeness (QED) is 0.822. The lowest BCUT2D eigenvalue weighted by atomic mass is 9.99. The zero-order valence-electron chi connectivity index (χ0n) is 13.1. The van der Waals surface area contributed by atoms with Crippen LogP contribution in [0.4, 0.5) is 13.2 Å². The van der Waals surface area contributed by atoms with Gasteiger partial charge < -0.3 is 4.74 Å². The Morgan fingerprint density at radius 3 is 2.24 bits per heavy atom. The Morgan fingerprint density at radius 1 is 1.00 bits per heavy atom. The van der Waals surface area contributed by atoms with E-state index >= 15 is 0 Å². The van der Waals surface area contributed by atoms with Crippen LogP contribution in [0.1, 0.15) is 17.9 Å². The summed E-state index contributed by atoms with van der Waals surface area (Å²) >= 11 is 0. The molecular formula is C17H16F3NO3S. The van der Waals surface area contributed by atoms with Gasteiger partial charge in [0.25, 0.3) is 0 Å². The Hall–Kier alpha value is -2.06. The zero-order chi connectivity index (χ0) is 18.1. The van der Waals surface area contributed by atoms with E-state index in [0.29, 0.717) is 19.5 Å². The van der Waals surface area contributed by atoms with Crippen molar-refractivity contribution in [3.63, 3.8) is 0 Å². The van der Waals surface area contributed by atoms with Crippen molar-refractivity contribution >= 4 is 10.0 Å². The summed E-state index contributed by atoms with van der Waals surface area (Å²) in [6.07, 6.45) is -4.10.